The molecule has 0 saturated carbocycles. The van der Waals surface area contributed by atoms with Crippen LogP contribution in [-0.4, -0.2) is 30.3 Å². The first-order valence-corrected chi connectivity index (χ1v) is 7.74. The van der Waals surface area contributed by atoms with Gasteiger partial charge in [0.05, 0.1) is 5.16 Å². The molecule has 1 aromatic heterocycles. The fraction of sp³-hybridized carbons (Fsp3) is 0.222. The average Bonchev–Trinajstić information content (AvgIpc) is 2.97. The van der Waals surface area contributed by atoms with E-state index >= 15 is 0 Å². The summed E-state index contributed by atoms with van der Waals surface area (Å²) in [6.07, 6.45) is 0. The molecule has 0 saturated heterocycles. The smallest absolute Gasteiger partial charge is 0.402 e. The summed E-state index contributed by atoms with van der Waals surface area (Å²) in [5.74, 6) is 0.212. The second kappa shape index (κ2) is 7.61. The molecule has 24 heavy (non-hydrogen) atoms. The van der Waals surface area contributed by atoms with Gasteiger partial charge in [0.25, 0.3) is 5.69 Å². The van der Waals surface area contributed by atoms with E-state index in [0.717, 1.165) is 6.54 Å². The molecule has 0 spiro atoms. The van der Waals surface area contributed by atoms with Gasteiger partial charge in [0.15, 0.2) is 0 Å². The van der Waals surface area contributed by atoms with Gasteiger partial charge in [-0.1, -0.05) is 60.7 Å². The Morgan fingerprint density at radius 3 is 2.46 bits per heavy atom. The van der Waals surface area contributed by atoms with Crippen molar-refractivity contribution in [1.29, 1.82) is 0 Å². The Morgan fingerprint density at radius 2 is 1.75 bits per heavy atom. The van der Waals surface area contributed by atoms with Crippen molar-refractivity contribution in [3.8, 4) is 17.1 Å². The van der Waals surface area contributed by atoms with E-state index in [4.69, 9.17) is 4.74 Å². The first-order valence-electron chi connectivity index (χ1n) is 7.74. The molecule has 2 aromatic carbocycles. The Morgan fingerprint density at radius 1 is 1.08 bits per heavy atom. The van der Waals surface area contributed by atoms with Gasteiger partial charge in [0, 0.05) is 18.7 Å². The zero-order chi connectivity index (χ0) is 16.8. The van der Waals surface area contributed by atoms with E-state index in [2.05, 4.69) is 26.8 Å². The number of benzene rings is 2. The Kier molecular flexibility index (Phi) is 5.08. The molecule has 0 bridgehead atoms. The molecule has 0 radical (unpaired) electrons. The van der Waals surface area contributed by atoms with Crippen molar-refractivity contribution >= 4 is 0 Å². The number of likely N-dealkylation sites (N-methyl/N-ethyl adjacent to an activating group) is 1. The van der Waals surface area contributed by atoms with Gasteiger partial charge in [-0.15, -0.1) is 0 Å². The van der Waals surface area contributed by atoms with Gasteiger partial charge in [-0.25, -0.2) is 0 Å². The molecule has 0 atom stereocenters. The van der Waals surface area contributed by atoms with Crippen molar-refractivity contribution < 1.29 is 14.3 Å². The molecule has 0 amide bonds. The number of hydrogen-bond donors (Lipinski definition) is 0. The number of hydrogen-bond acceptors (Lipinski definition) is 5. The SMILES string of the molecule is CN(CCOc1no[n+]([O-])c1-c1ccccc1)Cc1ccccc1. The van der Waals surface area contributed by atoms with E-state index in [1.54, 1.807) is 0 Å². The zero-order valence-electron chi connectivity index (χ0n) is 13.5. The van der Waals surface area contributed by atoms with E-state index in [1.165, 1.54) is 5.56 Å². The van der Waals surface area contributed by atoms with Crippen LogP contribution in [0.15, 0.2) is 65.3 Å². The molecule has 0 N–H and O–H groups in total. The van der Waals surface area contributed by atoms with Crippen molar-refractivity contribution in [2.45, 2.75) is 6.54 Å². The molecule has 6 nitrogen and oxygen atoms in total. The molecule has 0 fully saturated rings. The van der Waals surface area contributed by atoms with E-state index in [1.807, 2.05) is 55.6 Å². The number of aromatic nitrogens is 2. The molecule has 124 valence electrons. The van der Waals surface area contributed by atoms with Gasteiger partial charge in [-0.05, 0) is 17.5 Å². The Balaban J connectivity index is 1.58. The van der Waals surface area contributed by atoms with Gasteiger partial charge in [-0.2, -0.15) is 0 Å². The largest absolute Gasteiger partial charge is 0.454 e. The lowest BCUT2D eigenvalue weighted by Gasteiger charge is -2.15. The standard InChI is InChI=1S/C18H19N3O3/c1-20(14-15-8-4-2-5-9-15)12-13-23-18-17(21(22)24-19-18)16-10-6-3-7-11-16/h2-11H,12-14H2,1H3. The van der Waals surface area contributed by atoms with E-state index < -0.39 is 0 Å². The first kappa shape index (κ1) is 16.0. The second-order valence-corrected chi connectivity index (χ2v) is 5.52. The molecule has 0 unspecified atom stereocenters. The van der Waals surface area contributed by atoms with Crippen LogP contribution >= 0.6 is 0 Å². The van der Waals surface area contributed by atoms with Crippen LogP contribution < -0.4 is 9.64 Å². The minimum atomic E-state index is 0.212. The Labute approximate surface area is 140 Å². The second-order valence-electron chi connectivity index (χ2n) is 5.52. The summed E-state index contributed by atoms with van der Waals surface area (Å²) < 4.78 is 10.3. The van der Waals surface area contributed by atoms with Crippen LogP contribution in [0.4, 0.5) is 0 Å². The van der Waals surface area contributed by atoms with Crippen molar-refractivity contribution in [2.75, 3.05) is 20.2 Å². The summed E-state index contributed by atoms with van der Waals surface area (Å²) in [4.78, 5) is 2.52. The van der Waals surface area contributed by atoms with E-state index in [0.29, 0.717) is 29.3 Å². The third kappa shape index (κ3) is 3.91. The highest BCUT2D eigenvalue weighted by atomic mass is 16.8. The third-order valence-corrected chi connectivity index (χ3v) is 3.64. The summed E-state index contributed by atoms with van der Waals surface area (Å²) in [5.41, 5.74) is 2.24. The van der Waals surface area contributed by atoms with Gasteiger partial charge in [0.1, 0.15) is 6.61 Å². The first-order chi connectivity index (χ1) is 11.7. The van der Waals surface area contributed by atoms with Crippen LogP contribution in [-0.2, 0) is 6.54 Å². The van der Waals surface area contributed by atoms with Crippen LogP contribution in [0.2, 0.25) is 0 Å². The topological polar surface area (TPSA) is 65.4 Å². The molecular weight excluding hydrogens is 306 g/mol. The number of nitrogens with zero attached hydrogens (tertiary/aromatic N) is 3. The minimum absolute atomic E-state index is 0.212. The highest BCUT2D eigenvalue weighted by molar-refractivity contribution is 5.60. The minimum Gasteiger partial charge on any atom is -0.454 e. The predicted molar refractivity (Wildman–Crippen MR) is 89.2 cm³/mol. The van der Waals surface area contributed by atoms with Crippen molar-refractivity contribution in [3.05, 3.63) is 71.4 Å². The average molecular weight is 325 g/mol. The fourth-order valence-corrected chi connectivity index (χ4v) is 2.43. The summed E-state index contributed by atoms with van der Waals surface area (Å²) in [6, 6.07) is 19.4. The molecular formula is C18H19N3O3. The summed E-state index contributed by atoms with van der Waals surface area (Å²) >= 11 is 0. The molecule has 3 aromatic rings. The van der Waals surface area contributed by atoms with Gasteiger partial charge in [0.2, 0.25) is 0 Å². The van der Waals surface area contributed by atoms with Gasteiger partial charge in [-0.3, -0.25) is 9.53 Å². The third-order valence-electron chi connectivity index (χ3n) is 3.64. The number of rotatable bonds is 7. The van der Waals surface area contributed by atoms with Crippen LogP contribution in [0.3, 0.4) is 0 Å². The van der Waals surface area contributed by atoms with Crippen LogP contribution in [0, 0.1) is 5.21 Å². The molecule has 6 heteroatoms. The fourth-order valence-electron chi connectivity index (χ4n) is 2.43. The zero-order valence-corrected chi connectivity index (χ0v) is 13.5. The van der Waals surface area contributed by atoms with Crippen LogP contribution in [0.5, 0.6) is 5.88 Å². The molecule has 3 rings (SSSR count). The molecule has 0 aliphatic heterocycles. The van der Waals surface area contributed by atoms with Crippen LogP contribution in [0.25, 0.3) is 11.3 Å². The Bertz CT molecular complexity index is 760. The molecule has 0 aliphatic rings. The lowest BCUT2D eigenvalue weighted by atomic mass is 10.2. The van der Waals surface area contributed by atoms with Crippen LogP contribution in [0.1, 0.15) is 5.56 Å². The maximum atomic E-state index is 11.8. The maximum absolute atomic E-state index is 11.8. The monoisotopic (exact) mass is 325 g/mol. The predicted octanol–water partition coefficient (Wildman–Crippen LogP) is 2.49. The quantitative estimate of drug-likeness (QED) is 0.624. The van der Waals surface area contributed by atoms with E-state index in [9.17, 15) is 5.21 Å². The lowest BCUT2D eigenvalue weighted by Crippen LogP contribution is -2.26. The highest BCUT2D eigenvalue weighted by Gasteiger charge is 2.22. The summed E-state index contributed by atoms with van der Waals surface area (Å²) in [7, 11) is 2.02. The summed E-state index contributed by atoms with van der Waals surface area (Å²) in [6.45, 7) is 1.95. The Hall–Kier alpha value is -2.86. The highest BCUT2D eigenvalue weighted by Crippen LogP contribution is 2.24. The van der Waals surface area contributed by atoms with Gasteiger partial charge >= 0.3 is 5.88 Å². The molecule has 1 heterocycles. The number of ether oxygens (including phenoxy) is 1. The lowest BCUT2D eigenvalue weighted by molar-refractivity contribution is -0.793. The van der Waals surface area contributed by atoms with Crippen molar-refractivity contribution in [1.82, 2.24) is 10.1 Å². The molecule has 0 aliphatic carbocycles. The summed E-state index contributed by atoms with van der Waals surface area (Å²) in [5, 5.41) is 15.5. The normalized spacial score (nSPS) is 10.9. The maximum Gasteiger partial charge on any atom is 0.402 e. The van der Waals surface area contributed by atoms with Crippen molar-refractivity contribution in [3.63, 3.8) is 0 Å². The van der Waals surface area contributed by atoms with Crippen molar-refractivity contribution in [2.24, 2.45) is 0 Å². The van der Waals surface area contributed by atoms with Gasteiger partial charge < -0.3 is 9.94 Å². The van der Waals surface area contributed by atoms with E-state index in [-0.39, 0.29) is 5.88 Å².